The maximum atomic E-state index is 6.22. The van der Waals surface area contributed by atoms with E-state index in [1.54, 1.807) is 7.11 Å². The normalized spacial score (nSPS) is 12.4. The molecule has 0 saturated carbocycles. The van der Waals surface area contributed by atoms with Crippen molar-refractivity contribution in [2.75, 3.05) is 7.11 Å². The summed E-state index contributed by atoms with van der Waals surface area (Å²) in [6.45, 7) is 2.22. The number of benzene rings is 1. The molecule has 102 valence electrons. The molecule has 0 aliphatic rings. The largest absolute Gasteiger partial charge is 0.496 e. The van der Waals surface area contributed by atoms with Crippen molar-refractivity contribution in [3.8, 4) is 5.75 Å². The van der Waals surface area contributed by atoms with Gasteiger partial charge < -0.3 is 10.5 Å². The number of methoxy groups -OCH3 is 1. The molecule has 2 N–H and O–H groups in total. The van der Waals surface area contributed by atoms with E-state index >= 15 is 0 Å². The fraction of sp³-hybridized carbons (Fsp3) is 0.600. The lowest BCUT2D eigenvalue weighted by Gasteiger charge is -2.16. The molecule has 1 aromatic carbocycles. The van der Waals surface area contributed by atoms with Crippen LogP contribution in [0.1, 0.15) is 57.1 Å². The van der Waals surface area contributed by atoms with Crippen LogP contribution in [0.5, 0.6) is 5.75 Å². The first kappa shape index (κ1) is 15.3. The van der Waals surface area contributed by atoms with Crippen LogP contribution in [0.4, 0.5) is 0 Å². The third-order valence-electron chi connectivity index (χ3n) is 3.21. The van der Waals surface area contributed by atoms with Gasteiger partial charge in [-0.1, -0.05) is 50.6 Å². The van der Waals surface area contributed by atoms with Crippen LogP contribution < -0.4 is 10.5 Å². The van der Waals surface area contributed by atoms with Gasteiger partial charge in [-0.2, -0.15) is 0 Å². The second kappa shape index (κ2) is 8.39. The Morgan fingerprint density at radius 1 is 1.22 bits per heavy atom. The molecule has 18 heavy (non-hydrogen) atoms. The molecule has 1 unspecified atom stereocenters. The maximum absolute atomic E-state index is 6.22. The van der Waals surface area contributed by atoms with Gasteiger partial charge in [-0.3, -0.25) is 0 Å². The summed E-state index contributed by atoms with van der Waals surface area (Å²) in [5, 5.41) is 0.715. The van der Waals surface area contributed by atoms with E-state index in [0.29, 0.717) is 5.02 Å². The summed E-state index contributed by atoms with van der Waals surface area (Å²) >= 11 is 6.01. The molecule has 1 atom stereocenters. The van der Waals surface area contributed by atoms with Gasteiger partial charge in [0.05, 0.1) is 7.11 Å². The molecule has 0 saturated heterocycles. The molecule has 1 rings (SSSR count). The van der Waals surface area contributed by atoms with Crippen molar-refractivity contribution in [3.63, 3.8) is 0 Å². The molecule has 1 aromatic rings. The van der Waals surface area contributed by atoms with Crippen molar-refractivity contribution < 1.29 is 4.74 Å². The maximum Gasteiger partial charge on any atom is 0.123 e. The Labute approximate surface area is 115 Å². The predicted molar refractivity (Wildman–Crippen MR) is 78.3 cm³/mol. The van der Waals surface area contributed by atoms with Gasteiger partial charge in [-0.25, -0.2) is 0 Å². The van der Waals surface area contributed by atoms with E-state index in [2.05, 4.69) is 6.92 Å². The number of hydrogen-bond donors (Lipinski definition) is 1. The predicted octanol–water partition coefficient (Wildman–Crippen LogP) is 4.71. The zero-order chi connectivity index (χ0) is 13.4. The molecular formula is C15H24ClNO. The van der Waals surface area contributed by atoms with Crippen molar-refractivity contribution in [2.24, 2.45) is 5.73 Å². The van der Waals surface area contributed by atoms with Crippen molar-refractivity contribution in [1.29, 1.82) is 0 Å². The third kappa shape index (κ3) is 4.87. The smallest absolute Gasteiger partial charge is 0.123 e. The first-order valence-corrected chi connectivity index (χ1v) is 7.15. The molecular weight excluding hydrogens is 246 g/mol. The van der Waals surface area contributed by atoms with E-state index in [1.165, 1.54) is 25.7 Å². The lowest BCUT2D eigenvalue weighted by molar-refractivity contribution is 0.403. The highest BCUT2D eigenvalue weighted by atomic mass is 35.5. The monoisotopic (exact) mass is 269 g/mol. The molecule has 2 nitrogen and oxygen atoms in total. The fourth-order valence-electron chi connectivity index (χ4n) is 2.12. The van der Waals surface area contributed by atoms with Crippen LogP contribution in [-0.2, 0) is 0 Å². The second-order valence-electron chi connectivity index (χ2n) is 4.70. The van der Waals surface area contributed by atoms with Crippen LogP contribution >= 0.6 is 11.6 Å². The number of rotatable bonds is 8. The number of unbranched alkanes of at least 4 members (excludes halogenated alkanes) is 4. The van der Waals surface area contributed by atoms with Crippen molar-refractivity contribution in [1.82, 2.24) is 0 Å². The van der Waals surface area contributed by atoms with E-state index in [9.17, 15) is 0 Å². The van der Waals surface area contributed by atoms with Crippen LogP contribution in [-0.4, -0.2) is 7.11 Å². The highest BCUT2D eigenvalue weighted by Gasteiger charge is 2.12. The summed E-state index contributed by atoms with van der Waals surface area (Å²) in [5.41, 5.74) is 7.23. The number of ether oxygens (including phenoxy) is 1. The summed E-state index contributed by atoms with van der Waals surface area (Å²) in [4.78, 5) is 0. The molecule has 3 heteroatoms. The van der Waals surface area contributed by atoms with Crippen LogP contribution in [0.2, 0.25) is 5.02 Å². The Morgan fingerprint density at radius 2 is 1.94 bits per heavy atom. The number of nitrogens with two attached hydrogens (primary N) is 1. The van der Waals surface area contributed by atoms with E-state index < -0.39 is 0 Å². The molecule has 0 spiro atoms. The Hall–Kier alpha value is -0.730. The minimum absolute atomic E-state index is 0.0141. The Balaban J connectivity index is 2.49. The number of hydrogen-bond acceptors (Lipinski definition) is 2. The minimum Gasteiger partial charge on any atom is -0.496 e. The average Bonchev–Trinajstić information content (AvgIpc) is 2.38. The summed E-state index contributed by atoms with van der Waals surface area (Å²) in [6.07, 6.45) is 7.29. The molecule has 0 radical (unpaired) electrons. The van der Waals surface area contributed by atoms with Crippen LogP contribution in [0, 0.1) is 0 Å². The van der Waals surface area contributed by atoms with E-state index in [-0.39, 0.29) is 6.04 Å². The SMILES string of the molecule is CCCCCCCC(N)c1cc(Cl)ccc1OC. The van der Waals surface area contributed by atoms with Crippen molar-refractivity contribution in [3.05, 3.63) is 28.8 Å². The molecule has 0 bridgehead atoms. The molecule has 0 amide bonds. The second-order valence-corrected chi connectivity index (χ2v) is 5.13. The molecule has 0 aliphatic heterocycles. The summed E-state index contributed by atoms with van der Waals surface area (Å²) in [7, 11) is 1.67. The lowest BCUT2D eigenvalue weighted by atomic mass is 10.00. The topological polar surface area (TPSA) is 35.2 Å². The summed E-state index contributed by atoms with van der Waals surface area (Å²) in [5.74, 6) is 0.834. The Morgan fingerprint density at radius 3 is 2.61 bits per heavy atom. The highest BCUT2D eigenvalue weighted by Crippen LogP contribution is 2.29. The van der Waals surface area contributed by atoms with Crippen LogP contribution in [0.15, 0.2) is 18.2 Å². The zero-order valence-corrected chi connectivity index (χ0v) is 12.2. The van der Waals surface area contributed by atoms with Gasteiger partial charge in [0, 0.05) is 16.6 Å². The van der Waals surface area contributed by atoms with Crippen LogP contribution in [0.25, 0.3) is 0 Å². The van der Waals surface area contributed by atoms with Gasteiger partial charge in [0.15, 0.2) is 0 Å². The van der Waals surface area contributed by atoms with Gasteiger partial charge in [0.2, 0.25) is 0 Å². The van der Waals surface area contributed by atoms with Gasteiger partial charge in [0.1, 0.15) is 5.75 Å². The average molecular weight is 270 g/mol. The Bertz CT molecular complexity index is 354. The summed E-state index contributed by atoms with van der Waals surface area (Å²) < 4.78 is 5.33. The number of halogens is 1. The van der Waals surface area contributed by atoms with E-state index in [0.717, 1.165) is 24.2 Å². The molecule has 0 aliphatic carbocycles. The first-order chi connectivity index (χ1) is 8.69. The zero-order valence-electron chi connectivity index (χ0n) is 11.4. The lowest BCUT2D eigenvalue weighted by Crippen LogP contribution is -2.11. The standard InChI is InChI=1S/C15H24ClNO/c1-3-4-5-6-7-8-14(17)13-11-12(16)9-10-15(13)18-2/h9-11,14H,3-8,17H2,1-2H3. The Kier molecular flexibility index (Phi) is 7.14. The third-order valence-corrected chi connectivity index (χ3v) is 3.44. The molecule has 0 fully saturated rings. The summed E-state index contributed by atoms with van der Waals surface area (Å²) in [6, 6.07) is 5.64. The van der Waals surface area contributed by atoms with E-state index in [1.807, 2.05) is 18.2 Å². The minimum atomic E-state index is 0.0141. The van der Waals surface area contributed by atoms with E-state index in [4.69, 9.17) is 22.1 Å². The van der Waals surface area contributed by atoms with Crippen LogP contribution in [0.3, 0.4) is 0 Å². The van der Waals surface area contributed by atoms with Crippen molar-refractivity contribution in [2.45, 2.75) is 51.5 Å². The fourth-order valence-corrected chi connectivity index (χ4v) is 2.30. The first-order valence-electron chi connectivity index (χ1n) is 6.78. The van der Waals surface area contributed by atoms with Gasteiger partial charge >= 0.3 is 0 Å². The molecule has 0 aromatic heterocycles. The van der Waals surface area contributed by atoms with Gasteiger partial charge in [0.25, 0.3) is 0 Å². The quantitative estimate of drug-likeness (QED) is 0.694. The van der Waals surface area contributed by atoms with Gasteiger partial charge in [-0.05, 0) is 24.6 Å². The van der Waals surface area contributed by atoms with Gasteiger partial charge in [-0.15, -0.1) is 0 Å². The molecule has 0 heterocycles. The highest BCUT2D eigenvalue weighted by molar-refractivity contribution is 6.30. The van der Waals surface area contributed by atoms with Crippen molar-refractivity contribution >= 4 is 11.6 Å².